The van der Waals surface area contributed by atoms with E-state index in [2.05, 4.69) is 70.7 Å². The van der Waals surface area contributed by atoms with Crippen molar-refractivity contribution < 1.29 is 14.3 Å². The molecule has 0 radical (unpaired) electrons. The molecule has 7 nitrogen and oxygen atoms in total. The number of anilines is 1. The van der Waals surface area contributed by atoms with Crippen LogP contribution < -0.4 is 25.5 Å². The van der Waals surface area contributed by atoms with E-state index in [0.717, 1.165) is 58.9 Å². The summed E-state index contributed by atoms with van der Waals surface area (Å²) in [7, 11) is 3.38. The Kier molecular flexibility index (Phi) is 6.27. The van der Waals surface area contributed by atoms with E-state index in [0.29, 0.717) is 0 Å². The van der Waals surface area contributed by atoms with Gasteiger partial charge in [-0.2, -0.15) is 5.10 Å². The van der Waals surface area contributed by atoms with Crippen LogP contribution in [-0.4, -0.2) is 25.8 Å². The van der Waals surface area contributed by atoms with Crippen LogP contribution in [0.3, 0.4) is 0 Å². The van der Waals surface area contributed by atoms with E-state index in [9.17, 15) is 4.79 Å². The van der Waals surface area contributed by atoms with E-state index in [-0.39, 0.29) is 29.8 Å². The molecule has 1 saturated heterocycles. The summed E-state index contributed by atoms with van der Waals surface area (Å²) >= 11 is 0. The molecule has 2 spiro atoms. The standard InChI is InChI=1S/C37H36N4O3/c1-43-26-18-14-23(15-19-26)31-33(24-9-4-3-5-10-24)39-37(29-12-6-7-13-30(29)38-35(37)42)36(31)22-8-11-28-32(40-41-34(28)36)25-16-20-27(44-2)21-17-25/h3-7,9-10,12-21,28,31-33,39-40H,8,11,22H2,1-2H3,(H,38,42). The largest absolute Gasteiger partial charge is 0.497 e. The quantitative estimate of drug-likeness (QED) is 0.251. The highest BCUT2D eigenvalue weighted by atomic mass is 16.5. The number of carbonyl (C=O) groups excluding carboxylic acids is 1. The summed E-state index contributed by atoms with van der Waals surface area (Å²) in [6.07, 6.45) is 2.80. The number of nitrogens with zero attached hydrogens (tertiary/aromatic N) is 1. The first-order chi connectivity index (χ1) is 21.6. The number of fused-ring (bicyclic) bond motifs is 5. The minimum atomic E-state index is -1.01. The Labute approximate surface area is 257 Å². The number of carbonyl (C=O) groups is 1. The third-order valence-electron chi connectivity index (χ3n) is 10.6. The van der Waals surface area contributed by atoms with Gasteiger partial charge < -0.3 is 20.2 Å². The zero-order valence-electron chi connectivity index (χ0n) is 24.9. The van der Waals surface area contributed by atoms with Gasteiger partial charge in [-0.25, -0.2) is 0 Å². The average molecular weight is 585 g/mol. The molecule has 6 unspecified atom stereocenters. The molecule has 4 aliphatic rings. The molecule has 4 aromatic rings. The molecule has 4 aromatic carbocycles. The summed E-state index contributed by atoms with van der Waals surface area (Å²) in [6.45, 7) is 0. The van der Waals surface area contributed by atoms with Crippen molar-refractivity contribution in [2.45, 2.75) is 42.8 Å². The summed E-state index contributed by atoms with van der Waals surface area (Å²) in [5.74, 6) is 1.69. The Hall–Kier alpha value is -4.62. The lowest BCUT2D eigenvalue weighted by atomic mass is 9.51. The first kappa shape index (κ1) is 27.0. The van der Waals surface area contributed by atoms with Crippen LogP contribution in [0.2, 0.25) is 0 Å². The molecular formula is C37H36N4O3. The van der Waals surface area contributed by atoms with Crippen LogP contribution in [0, 0.1) is 11.3 Å². The SMILES string of the molecule is COc1ccc(C2NN=C3C2CCCC32C(c3ccc(OC)cc3)C(c3ccccc3)NC23C(=O)Nc2ccccc23)cc1. The van der Waals surface area contributed by atoms with Crippen LogP contribution >= 0.6 is 0 Å². The Morgan fingerprint density at radius 2 is 1.39 bits per heavy atom. The van der Waals surface area contributed by atoms with Crippen LogP contribution in [0.15, 0.2) is 108 Å². The van der Waals surface area contributed by atoms with Gasteiger partial charge in [0.2, 0.25) is 5.91 Å². The maximum atomic E-state index is 14.7. The average Bonchev–Trinajstić information content (AvgIpc) is 3.74. The fraction of sp³-hybridized carbons (Fsp3) is 0.297. The molecule has 44 heavy (non-hydrogen) atoms. The van der Waals surface area contributed by atoms with E-state index >= 15 is 0 Å². The summed E-state index contributed by atoms with van der Waals surface area (Å²) < 4.78 is 11.0. The van der Waals surface area contributed by atoms with Gasteiger partial charge in [0, 0.05) is 29.1 Å². The molecule has 8 rings (SSSR count). The Morgan fingerprint density at radius 1 is 0.750 bits per heavy atom. The van der Waals surface area contributed by atoms with Gasteiger partial charge in [-0.15, -0.1) is 0 Å². The van der Waals surface area contributed by atoms with Crippen LogP contribution in [-0.2, 0) is 10.3 Å². The van der Waals surface area contributed by atoms with Crippen LogP contribution in [0.5, 0.6) is 11.5 Å². The predicted octanol–water partition coefficient (Wildman–Crippen LogP) is 6.47. The summed E-state index contributed by atoms with van der Waals surface area (Å²) in [4.78, 5) is 14.7. The second-order valence-corrected chi connectivity index (χ2v) is 12.4. The monoisotopic (exact) mass is 584 g/mol. The van der Waals surface area contributed by atoms with Crippen molar-refractivity contribution in [3.8, 4) is 11.5 Å². The molecule has 0 bridgehead atoms. The number of hydrogen-bond acceptors (Lipinski definition) is 6. The molecule has 222 valence electrons. The van der Waals surface area contributed by atoms with Crippen molar-refractivity contribution in [3.05, 3.63) is 125 Å². The first-order valence-corrected chi connectivity index (χ1v) is 15.5. The van der Waals surface area contributed by atoms with Crippen LogP contribution in [0.25, 0.3) is 0 Å². The molecule has 1 saturated carbocycles. The third kappa shape index (κ3) is 3.65. The van der Waals surface area contributed by atoms with Crippen molar-refractivity contribution >= 4 is 17.3 Å². The van der Waals surface area contributed by atoms with E-state index in [1.165, 1.54) is 5.56 Å². The molecular weight excluding hydrogens is 548 g/mol. The van der Waals surface area contributed by atoms with Crippen molar-refractivity contribution in [1.29, 1.82) is 0 Å². The normalized spacial score (nSPS) is 30.0. The van der Waals surface area contributed by atoms with Crippen molar-refractivity contribution in [3.63, 3.8) is 0 Å². The Bertz CT molecular complexity index is 1740. The lowest BCUT2D eigenvalue weighted by Crippen LogP contribution is -2.60. The summed E-state index contributed by atoms with van der Waals surface area (Å²) in [6, 6.07) is 35.3. The molecule has 7 heteroatoms. The third-order valence-corrected chi connectivity index (χ3v) is 10.6. The zero-order chi connectivity index (χ0) is 29.9. The van der Waals surface area contributed by atoms with Crippen LogP contribution in [0.4, 0.5) is 5.69 Å². The lowest BCUT2D eigenvalue weighted by Gasteiger charge is -2.50. The van der Waals surface area contributed by atoms with Gasteiger partial charge >= 0.3 is 0 Å². The molecule has 3 aliphatic heterocycles. The Morgan fingerprint density at radius 3 is 2.09 bits per heavy atom. The fourth-order valence-electron chi connectivity index (χ4n) is 8.78. The molecule has 0 aromatic heterocycles. The van der Waals surface area contributed by atoms with Gasteiger partial charge in [0.1, 0.15) is 17.0 Å². The number of benzene rings is 4. The Balaban J connectivity index is 1.37. The van der Waals surface area contributed by atoms with Gasteiger partial charge in [-0.1, -0.05) is 79.2 Å². The predicted molar refractivity (Wildman–Crippen MR) is 171 cm³/mol. The van der Waals surface area contributed by atoms with E-state index < -0.39 is 11.0 Å². The fourth-order valence-corrected chi connectivity index (χ4v) is 8.78. The van der Waals surface area contributed by atoms with Gasteiger partial charge in [-0.05, 0) is 59.9 Å². The number of rotatable bonds is 5. The maximum Gasteiger partial charge on any atom is 0.250 e. The number of ether oxygens (including phenoxy) is 2. The smallest absolute Gasteiger partial charge is 0.250 e. The number of nitrogens with one attached hydrogen (secondary N) is 3. The topological polar surface area (TPSA) is 84.0 Å². The summed E-state index contributed by atoms with van der Waals surface area (Å²) in [5, 5.41) is 12.6. The lowest BCUT2D eigenvalue weighted by molar-refractivity contribution is -0.124. The minimum Gasteiger partial charge on any atom is -0.497 e. The van der Waals surface area contributed by atoms with E-state index in [1.54, 1.807) is 14.2 Å². The molecule has 6 atom stereocenters. The van der Waals surface area contributed by atoms with E-state index in [4.69, 9.17) is 14.6 Å². The van der Waals surface area contributed by atoms with Crippen molar-refractivity contribution in [2.24, 2.45) is 16.4 Å². The number of hydrogen-bond donors (Lipinski definition) is 3. The number of para-hydroxylation sites is 1. The summed E-state index contributed by atoms with van der Waals surface area (Å²) in [5.41, 5.74) is 8.35. The van der Waals surface area contributed by atoms with Crippen molar-refractivity contribution in [1.82, 2.24) is 10.7 Å². The number of amides is 1. The van der Waals surface area contributed by atoms with E-state index in [1.807, 2.05) is 48.5 Å². The molecule has 3 heterocycles. The van der Waals surface area contributed by atoms with Gasteiger partial charge in [-0.3, -0.25) is 10.1 Å². The van der Waals surface area contributed by atoms with Gasteiger partial charge in [0.05, 0.1) is 31.4 Å². The second-order valence-electron chi connectivity index (χ2n) is 12.4. The molecule has 1 aliphatic carbocycles. The maximum absolute atomic E-state index is 14.7. The second kappa shape index (κ2) is 10.2. The molecule has 1 amide bonds. The first-order valence-electron chi connectivity index (χ1n) is 15.5. The van der Waals surface area contributed by atoms with Gasteiger partial charge in [0.25, 0.3) is 0 Å². The minimum absolute atomic E-state index is 0.00751. The van der Waals surface area contributed by atoms with Gasteiger partial charge in [0.15, 0.2) is 0 Å². The number of methoxy groups -OCH3 is 2. The highest BCUT2D eigenvalue weighted by Crippen LogP contribution is 2.69. The molecule has 3 N–H and O–H groups in total. The number of hydrazone groups is 1. The zero-order valence-corrected chi connectivity index (χ0v) is 24.9. The highest BCUT2D eigenvalue weighted by molar-refractivity contribution is 6.13. The molecule has 2 fully saturated rings. The van der Waals surface area contributed by atoms with Crippen molar-refractivity contribution in [2.75, 3.05) is 19.5 Å². The van der Waals surface area contributed by atoms with Crippen LogP contribution in [0.1, 0.15) is 59.5 Å². The highest BCUT2D eigenvalue weighted by Gasteiger charge is 2.74.